The second-order valence-corrected chi connectivity index (χ2v) is 32.1. The van der Waals surface area contributed by atoms with Gasteiger partial charge in [0.1, 0.15) is 79.6 Å². The van der Waals surface area contributed by atoms with Crippen molar-refractivity contribution in [1.82, 2.24) is 79.4 Å². The lowest BCUT2D eigenvalue weighted by Crippen LogP contribution is -2.62. The van der Waals surface area contributed by atoms with Crippen LogP contribution in [-0.4, -0.2) is 241 Å². The van der Waals surface area contributed by atoms with Gasteiger partial charge in [-0.1, -0.05) is 100 Å². The number of anilines is 2. The van der Waals surface area contributed by atoms with Crippen molar-refractivity contribution in [3.05, 3.63) is 155 Å². The number of allylic oxidation sites excluding steroid dienone is 1. The molecule has 29 N–H and O–H groups in total. The maximum absolute atomic E-state index is 14.8. The summed E-state index contributed by atoms with van der Waals surface area (Å²) in [5.41, 5.74) is 39.3. The van der Waals surface area contributed by atoms with Crippen molar-refractivity contribution in [2.45, 2.75) is 194 Å². The summed E-state index contributed by atoms with van der Waals surface area (Å²) in [4.78, 5) is 220. The number of carbonyl (C=O) groups excluding carboxylic acids is 15. The lowest BCUT2D eigenvalue weighted by Gasteiger charge is -2.29. The van der Waals surface area contributed by atoms with Crippen LogP contribution in [0.25, 0.3) is 6.08 Å². The summed E-state index contributed by atoms with van der Waals surface area (Å²) in [7, 11) is 1.55. The number of nitrogen functional groups attached to an aromatic ring is 1. The summed E-state index contributed by atoms with van der Waals surface area (Å²) >= 11 is 1.34. The zero-order valence-corrected chi connectivity index (χ0v) is 73.4. The Morgan fingerprint density at radius 2 is 1.17 bits per heavy atom. The molecule has 1 fully saturated rings. The highest BCUT2D eigenvalue weighted by Crippen LogP contribution is 2.33. The number of amides is 16. The van der Waals surface area contributed by atoms with Gasteiger partial charge in [0.05, 0.1) is 29.2 Å². The molecule has 1 aliphatic rings. The van der Waals surface area contributed by atoms with E-state index in [9.17, 15) is 82.1 Å². The maximum Gasteiger partial charge on any atom is 0.328 e. The number of aliphatic hydroxyl groups is 2. The standard InChI is InChI=1S/C86H121N23O18S/c1-47(2)42-66-80(120)101-61(30-35-87)75(115)100-64(33-38-90)79(119)107-71(49(5)110)82(122)95-41-34-65(78(118)99-62(31-36-88)77(117)106-67(81(121)105-66)43-51-16-9-8-10-17-51)102-76(116)63(32-37-89)104-84(124)72(50(6)111)109-86(126)108-70(48(3)4)83(123)103-60(20-15-40-96-85(92)125)74(114)98-54-24-22-52(23-25-54)46-127-69(112)45-97-59(29-26-53-18-13-14-39-94-53)56-28-27-55(44-58(56)91)128-68-21-12-11-19-57(68)73(113)93-7/h8-14,16-19,21-29,39,44,47-50,60-67,70-72,110-111H,15,20,30-38,40-43,45-46,87-91H2,1-7H3,(H,93,113)(H,95,122)(H,98,114)(H,99,118)(H,100,115)(H,101,120)(H,102,116)(H,103,123)(H,104,124)(H,105,121)(H,106,117)(H,107,119)(H3,92,96,125)(H2,108,109,126)/b29-26+,97-59?/t49-,50+,60?,61?,62+,63-,64?,65-,66+,67+,70-,71+,72+/m1/s1. The second-order valence-electron chi connectivity index (χ2n) is 31.0. The van der Waals surface area contributed by atoms with Crippen LogP contribution in [0.3, 0.4) is 0 Å². The highest BCUT2D eigenvalue weighted by atomic mass is 32.2. The molecule has 41 nitrogen and oxygen atoms in total. The van der Waals surface area contributed by atoms with E-state index in [4.69, 9.17) is 39.1 Å². The van der Waals surface area contributed by atoms with Crippen LogP contribution < -0.4 is 114 Å². The predicted octanol–water partition coefficient (Wildman–Crippen LogP) is -2.17. The number of nitrogens with two attached hydrogens (primary N) is 6. The number of esters is 1. The summed E-state index contributed by atoms with van der Waals surface area (Å²) in [5, 5.41) is 60.2. The third-order valence-corrected chi connectivity index (χ3v) is 21.0. The highest BCUT2D eigenvalue weighted by molar-refractivity contribution is 7.99. The smallest absolute Gasteiger partial charge is 0.328 e. The third-order valence-electron chi connectivity index (χ3n) is 19.9. The van der Waals surface area contributed by atoms with E-state index in [2.05, 4.69) is 89.7 Å². The van der Waals surface area contributed by atoms with Crippen LogP contribution in [-0.2, 0) is 75.3 Å². The van der Waals surface area contributed by atoms with Gasteiger partial charge < -0.3 is 129 Å². The Hall–Kier alpha value is -13.0. The Morgan fingerprint density at radius 1 is 0.602 bits per heavy atom. The third kappa shape index (κ3) is 34.4. The van der Waals surface area contributed by atoms with Crippen molar-refractivity contribution in [1.29, 1.82) is 0 Å². The van der Waals surface area contributed by atoms with Crippen LogP contribution in [0.2, 0.25) is 0 Å². The Labute approximate surface area is 745 Å². The van der Waals surface area contributed by atoms with Crippen LogP contribution in [0.5, 0.6) is 0 Å². The fourth-order valence-corrected chi connectivity index (χ4v) is 14.1. The monoisotopic (exact) mass is 1800 g/mol. The van der Waals surface area contributed by atoms with Crippen molar-refractivity contribution in [3.8, 4) is 0 Å². The number of rotatable bonds is 39. The van der Waals surface area contributed by atoms with Crippen molar-refractivity contribution in [2.75, 3.05) is 63.9 Å². The van der Waals surface area contributed by atoms with Gasteiger partial charge in [-0.25, -0.2) is 9.59 Å². The Morgan fingerprint density at radius 3 is 1.75 bits per heavy atom. The topological polar surface area (TPSA) is 668 Å². The van der Waals surface area contributed by atoms with Crippen LogP contribution in [0, 0.1) is 11.8 Å². The molecule has 0 bridgehead atoms. The van der Waals surface area contributed by atoms with E-state index in [0.29, 0.717) is 44.2 Å². The van der Waals surface area contributed by atoms with E-state index >= 15 is 0 Å². The molecule has 0 aliphatic carbocycles. The molecule has 1 aromatic heterocycles. The SMILES string of the molecule is CNC(=O)c1ccccc1Sc1ccc(C(/C=C/c2ccccn2)=NCC(=O)OCc2ccc(NC(=O)C(CCCNC(N)=O)NC(=O)[C@H](NC(=O)N[C@H](C(=O)N[C@H](CCN)C(=O)N[C@@H]3CCNC(=O)[C@H]([C@@H](C)O)NC(=O)C(CCN)NC(=O)C(CCN)NC(=O)[C@H](CC(C)C)NC(=O)[C@H](Cc4ccccc4)NC(=O)[C@H](CCN)NC3=O)[C@H](C)O)C(C)C)cc2)c(N)c1. The lowest BCUT2D eigenvalue weighted by molar-refractivity contribution is -0.143. The van der Waals surface area contributed by atoms with Crippen LogP contribution in [0.1, 0.15) is 126 Å². The number of aromatic nitrogens is 1. The maximum atomic E-state index is 14.8. The van der Waals surface area contributed by atoms with Crippen LogP contribution >= 0.6 is 11.8 Å². The van der Waals surface area contributed by atoms with Crippen molar-refractivity contribution >= 4 is 124 Å². The summed E-state index contributed by atoms with van der Waals surface area (Å²) in [5.74, 6) is -12.6. The molecule has 694 valence electrons. The summed E-state index contributed by atoms with van der Waals surface area (Å²) in [6, 6.07) is 13.1. The predicted molar refractivity (Wildman–Crippen MR) is 478 cm³/mol. The van der Waals surface area contributed by atoms with Gasteiger partial charge in [-0.05, 0) is 181 Å². The minimum Gasteiger partial charge on any atom is -0.459 e. The number of ether oxygens (including phenoxy) is 1. The molecule has 0 saturated carbocycles. The number of nitrogens with zero attached hydrogens (tertiary/aromatic N) is 2. The number of benzene rings is 4. The van der Waals surface area contributed by atoms with Crippen molar-refractivity contribution < 1.29 is 86.9 Å². The number of pyridine rings is 1. The summed E-state index contributed by atoms with van der Waals surface area (Å²) in [6.07, 6.45) is -0.132. The van der Waals surface area contributed by atoms with Gasteiger partial charge in [-0.15, -0.1) is 0 Å². The molecule has 1 aliphatic heterocycles. The van der Waals surface area contributed by atoms with Gasteiger partial charge in [0.25, 0.3) is 5.91 Å². The normalized spacial score (nSPS) is 19.1. The molecule has 6 rings (SSSR count). The fourth-order valence-electron chi connectivity index (χ4n) is 13.1. The lowest BCUT2D eigenvalue weighted by atomic mass is 10.00. The van der Waals surface area contributed by atoms with Crippen molar-refractivity contribution in [3.63, 3.8) is 0 Å². The van der Waals surface area contributed by atoms with Crippen LogP contribution in [0.15, 0.2) is 142 Å². The Balaban J connectivity index is 1.17. The zero-order valence-electron chi connectivity index (χ0n) is 72.6. The molecule has 2 heterocycles. The fraction of sp³-hybridized carbons (Fsp3) is 0.453. The largest absolute Gasteiger partial charge is 0.459 e. The van der Waals surface area contributed by atoms with E-state index in [0.717, 1.165) is 11.8 Å². The number of hydrogen-bond donors (Lipinski definition) is 23. The molecule has 0 spiro atoms. The van der Waals surface area contributed by atoms with E-state index < -0.39 is 187 Å². The number of urea groups is 2. The number of aliphatic imine (C=N–C) groups is 1. The van der Waals surface area contributed by atoms with E-state index in [1.807, 2.05) is 24.3 Å². The van der Waals surface area contributed by atoms with Crippen LogP contribution in [0.4, 0.5) is 21.0 Å². The van der Waals surface area contributed by atoms with Gasteiger partial charge in [0.2, 0.25) is 65.0 Å². The summed E-state index contributed by atoms with van der Waals surface area (Å²) in [6.45, 7) is 6.82. The van der Waals surface area contributed by atoms with E-state index in [1.54, 1.807) is 132 Å². The molecule has 42 heteroatoms. The first-order valence-electron chi connectivity index (χ1n) is 42.0. The first-order valence-corrected chi connectivity index (χ1v) is 42.8. The number of primary amides is 1. The number of aliphatic hydroxyl groups excluding tert-OH is 2. The van der Waals surface area contributed by atoms with Gasteiger partial charge in [0.15, 0.2) is 0 Å². The first-order chi connectivity index (χ1) is 61.1. The highest BCUT2D eigenvalue weighted by Gasteiger charge is 2.39. The molecular formula is C86H121N23O18S. The summed E-state index contributed by atoms with van der Waals surface area (Å²) < 4.78 is 5.60. The quantitative estimate of drug-likeness (QED) is 0.00861. The van der Waals surface area contributed by atoms with Crippen molar-refractivity contribution in [2.24, 2.45) is 45.5 Å². The molecule has 5 aromatic rings. The Bertz CT molecular complexity index is 4660. The average Bonchev–Trinajstić information content (AvgIpc) is 0.886. The second kappa shape index (κ2) is 53.5. The van der Waals surface area contributed by atoms with E-state index in [-0.39, 0.29) is 108 Å². The van der Waals surface area contributed by atoms with Gasteiger partial charge in [-0.2, -0.15) is 0 Å². The first kappa shape index (κ1) is 104. The van der Waals surface area contributed by atoms with Gasteiger partial charge in [0, 0.05) is 59.5 Å². The molecule has 13 atom stereocenters. The molecule has 0 radical (unpaired) electrons. The molecule has 16 amide bonds. The minimum atomic E-state index is -1.91. The minimum absolute atomic E-state index is 0.00528. The molecule has 3 unspecified atom stereocenters. The molecule has 128 heavy (non-hydrogen) atoms. The van der Waals surface area contributed by atoms with Gasteiger partial charge in [-0.3, -0.25) is 72.3 Å². The molecule has 1 saturated heterocycles. The number of carbonyl (C=O) groups is 15. The molecule has 4 aromatic carbocycles. The van der Waals surface area contributed by atoms with E-state index in [1.165, 1.54) is 30.8 Å². The number of hydrogen-bond acceptors (Lipinski definition) is 26. The average molecular weight is 1800 g/mol. The van der Waals surface area contributed by atoms with Gasteiger partial charge >= 0.3 is 18.0 Å². The number of nitrogens with one attached hydrogen (secondary N) is 15. The Kier molecular flexibility index (Phi) is 43.4. The zero-order chi connectivity index (χ0) is 94.1. The molecular weight excluding hydrogens is 1680 g/mol.